The first-order chi connectivity index (χ1) is 22.7. The summed E-state index contributed by atoms with van der Waals surface area (Å²) in [6.45, 7) is 0.473. The van der Waals surface area contributed by atoms with E-state index in [4.69, 9.17) is 19.9 Å². The van der Waals surface area contributed by atoms with Crippen LogP contribution in [0.5, 0.6) is 23.0 Å². The Morgan fingerprint density at radius 2 is 1.83 bits per heavy atom. The number of rotatable bonds is 13. The molecule has 1 aromatic heterocycles. The van der Waals surface area contributed by atoms with Crippen molar-refractivity contribution in [2.45, 2.75) is 23.2 Å². The van der Waals surface area contributed by atoms with Crippen LogP contribution in [-0.2, 0) is 9.59 Å². The van der Waals surface area contributed by atoms with Crippen molar-refractivity contribution < 1.29 is 32.6 Å². The Hall–Kier alpha value is -3.02. The van der Waals surface area contributed by atoms with Crippen LogP contribution in [-0.4, -0.2) is 43.3 Å². The molecular weight excluding hydrogens is 707 g/mol. The molecule has 4 aromatic rings. The molecule has 47 heavy (non-hydrogen) atoms. The van der Waals surface area contributed by atoms with Gasteiger partial charge in [-0.2, -0.15) is 12.6 Å². The number of halogens is 2. The molecule has 1 aliphatic heterocycles. The fourth-order valence-electron chi connectivity index (χ4n) is 4.81. The van der Waals surface area contributed by atoms with Crippen LogP contribution in [0.4, 0.5) is 20.2 Å². The minimum absolute atomic E-state index is 0.113. The third-order valence-electron chi connectivity index (χ3n) is 7.40. The summed E-state index contributed by atoms with van der Waals surface area (Å²) in [7, 11) is 4.91. The van der Waals surface area contributed by atoms with Gasteiger partial charge in [0.2, 0.25) is 11.8 Å². The summed E-state index contributed by atoms with van der Waals surface area (Å²) in [5, 5.41) is 0.567. The van der Waals surface area contributed by atoms with Crippen LogP contribution in [0.2, 0.25) is 0 Å². The SMILES string of the molecule is COc1cc2c(Oc3ccc(N(C(=O)C4(C(N)=O)CC4)c4ccc(F)cc4)cc3F)ccnc2cc1OCCCSN1SSC(S)S1. The number of amides is 2. The molecule has 3 aromatic carbocycles. The summed E-state index contributed by atoms with van der Waals surface area (Å²) in [6.07, 6.45) is 2.91. The lowest BCUT2D eigenvalue weighted by Crippen LogP contribution is -2.41. The number of hydrogen-bond acceptors (Lipinski definition) is 12. The first-order valence-corrected chi connectivity index (χ1v) is 18.7. The predicted molar refractivity (Wildman–Crippen MR) is 189 cm³/mol. The van der Waals surface area contributed by atoms with Crippen LogP contribution >= 0.6 is 58.3 Å². The number of primary amides is 1. The Morgan fingerprint density at radius 3 is 2.49 bits per heavy atom. The van der Waals surface area contributed by atoms with Crippen LogP contribution in [0.15, 0.2) is 66.9 Å². The zero-order chi connectivity index (χ0) is 33.1. The summed E-state index contributed by atoms with van der Waals surface area (Å²) in [4.78, 5) is 31.4. The lowest BCUT2D eigenvalue weighted by atomic mass is 10.0. The molecule has 2 N–H and O–H groups in total. The molecule has 2 amide bonds. The third kappa shape index (κ3) is 7.52. The number of nitrogens with two attached hydrogens (primary N) is 1. The number of fused-ring (bicyclic) bond motifs is 1. The first-order valence-electron chi connectivity index (χ1n) is 14.3. The number of carbonyl (C=O) groups is 2. The van der Waals surface area contributed by atoms with E-state index in [-0.39, 0.29) is 33.9 Å². The summed E-state index contributed by atoms with van der Waals surface area (Å²) >= 11 is 7.84. The molecule has 9 nitrogen and oxygen atoms in total. The second kappa shape index (κ2) is 14.6. The standard InChI is InChI=1S/C31H28F2N4O5S5/c1-40-26-16-21-23(17-27(26)41-13-2-14-44-37-45-30(43)46-47-37)35-12-9-24(21)42-25-8-7-20(15-22(25)33)36(19-5-3-18(32)4-6-19)29(39)31(10-11-31)28(34)38/h3-9,12,15-17,30,43H,2,10-11,13-14H2,1H3,(H2,34,38). The number of thiol groups is 1. The zero-order valence-corrected chi connectivity index (χ0v) is 28.9. The van der Waals surface area contributed by atoms with Crippen molar-refractivity contribution >= 4 is 92.4 Å². The smallest absolute Gasteiger partial charge is 0.247 e. The molecule has 16 heteroatoms. The van der Waals surface area contributed by atoms with Gasteiger partial charge in [-0.15, -0.1) is 3.12 Å². The van der Waals surface area contributed by atoms with E-state index in [2.05, 4.69) is 20.7 Å². The molecule has 2 aliphatic rings. The van der Waals surface area contributed by atoms with Crippen LogP contribution < -0.4 is 24.8 Å². The van der Waals surface area contributed by atoms with E-state index in [1.165, 1.54) is 48.4 Å². The normalized spacial score (nSPS) is 17.0. The number of anilines is 2. The highest BCUT2D eigenvalue weighted by molar-refractivity contribution is 8.84. The maximum atomic E-state index is 15.7. The Morgan fingerprint density at radius 1 is 1.06 bits per heavy atom. The number of methoxy groups -OCH3 is 1. The van der Waals surface area contributed by atoms with Crippen molar-refractivity contribution in [1.29, 1.82) is 0 Å². The van der Waals surface area contributed by atoms with E-state index < -0.39 is 28.9 Å². The van der Waals surface area contributed by atoms with Crippen molar-refractivity contribution in [3.8, 4) is 23.0 Å². The number of hydrogen-bond donors (Lipinski definition) is 2. The van der Waals surface area contributed by atoms with Crippen molar-refractivity contribution in [2.75, 3.05) is 24.4 Å². The van der Waals surface area contributed by atoms with Gasteiger partial charge in [-0.3, -0.25) is 19.5 Å². The van der Waals surface area contributed by atoms with E-state index in [0.717, 1.165) is 18.2 Å². The van der Waals surface area contributed by atoms with Gasteiger partial charge in [0.25, 0.3) is 0 Å². The van der Waals surface area contributed by atoms with E-state index in [0.29, 0.717) is 34.8 Å². The van der Waals surface area contributed by atoms with Crippen molar-refractivity contribution in [3.05, 3.63) is 78.5 Å². The zero-order valence-electron chi connectivity index (χ0n) is 24.8. The van der Waals surface area contributed by atoms with E-state index >= 15 is 4.39 Å². The number of pyridine rings is 1. The third-order valence-corrected chi connectivity index (χ3v) is 14.2. The number of nitrogens with zero attached hydrogens (tertiary/aromatic N) is 3. The molecule has 1 aliphatic carbocycles. The molecule has 1 saturated carbocycles. The van der Waals surface area contributed by atoms with Gasteiger partial charge in [-0.1, -0.05) is 11.9 Å². The molecular formula is C31H28F2N4O5S5. The summed E-state index contributed by atoms with van der Waals surface area (Å²) < 4.78 is 49.3. The van der Waals surface area contributed by atoms with Crippen LogP contribution in [0, 0.1) is 17.0 Å². The lowest BCUT2D eigenvalue weighted by molar-refractivity contribution is -0.133. The Bertz CT molecular complexity index is 1800. The molecule has 0 radical (unpaired) electrons. The van der Waals surface area contributed by atoms with Gasteiger partial charge in [0.15, 0.2) is 23.1 Å². The maximum Gasteiger partial charge on any atom is 0.247 e. The van der Waals surface area contributed by atoms with Gasteiger partial charge in [0.1, 0.15) is 20.9 Å². The Balaban J connectivity index is 1.20. The molecule has 246 valence electrons. The van der Waals surface area contributed by atoms with Gasteiger partial charge in [0.05, 0.1) is 24.9 Å². The molecule has 0 spiro atoms. The maximum absolute atomic E-state index is 15.7. The topological polar surface area (TPSA) is 107 Å². The van der Waals surface area contributed by atoms with Crippen LogP contribution in [0.3, 0.4) is 0 Å². The minimum atomic E-state index is -1.39. The minimum Gasteiger partial charge on any atom is -0.493 e. The van der Waals surface area contributed by atoms with E-state index in [1.54, 1.807) is 70.1 Å². The highest BCUT2D eigenvalue weighted by Gasteiger charge is 2.57. The van der Waals surface area contributed by atoms with Gasteiger partial charge in [-0.25, -0.2) is 8.78 Å². The molecule has 1 unspecified atom stereocenters. The Labute approximate surface area is 291 Å². The number of carbonyl (C=O) groups excluding carboxylic acids is 2. The Kier molecular flexibility index (Phi) is 10.5. The van der Waals surface area contributed by atoms with E-state index in [1.807, 2.05) is 0 Å². The highest BCUT2D eigenvalue weighted by atomic mass is 33.1. The second-order valence-corrected chi connectivity index (χ2v) is 16.9. The molecule has 2 fully saturated rings. The van der Waals surface area contributed by atoms with Crippen LogP contribution in [0.1, 0.15) is 19.3 Å². The van der Waals surface area contributed by atoms with Gasteiger partial charge in [-0.05, 0) is 90.5 Å². The summed E-state index contributed by atoms with van der Waals surface area (Å²) in [5.41, 5.74) is 5.11. The average molecular weight is 735 g/mol. The first kappa shape index (κ1) is 33.9. The van der Waals surface area contributed by atoms with Crippen molar-refractivity contribution in [2.24, 2.45) is 11.1 Å². The fraction of sp³-hybridized carbons (Fsp3) is 0.258. The number of benzene rings is 3. The van der Waals surface area contributed by atoms with Gasteiger partial charge in [0, 0.05) is 46.1 Å². The molecule has 6 rings (SSSR count). The lowest BCUT2D eigenvalue weighted by Gasteiger charge is -2.26. The average Bonchev–Trinajstić information content (AvgIpc) is 3.78. The highest BCUT2D eigenvalue weighted by Crippen LogP contribution is 2.54. The van der Waals surface area contributed by atoms with Crippen LogP contribution in [0.25, 0.3) is 10.9 Å². The molecule has 2 heterocycles. The summed E-state index contributed by atoms with van der Waals surface area (Å²) in [5.74, 6) is -0.571. The molecule has 1 atom stereocenters. The van der Waals surface area contributed by atoms with E-state index in [9.17, 15) is 14.0 Å². The second-order valence-electron chi connectivity index (χ2n) is 10.5. The quantitative estimate of drug-likeness (QED) is 0.0457. The largest absolute Gasteiger partial charge is 0.493 e. The molecule has 1 saturated heterocycles. The number of aromatic nitrogens is 1. The number of ether oxygens (including phenoxy) is 3. The molecule has 0 bridgehead atoms. The van der Waals surface area contributed by atoms with Gasteiger partial charge >= 0.3 is 0 Å². The monoisotopic (exact) mass is 734 g/mol. The van der Waals surface area contributed by atoms with Crippen molar-refractivity contribution in [3.63, 3.8) is 0 Å². The fourth-order valence-corrected chi connectivity index (χ4v) is 11.2. The van der Waals surface area contributed by atoms with Crippen molar-refractivity contribution in [1.82, 2.24) is 8.10 Å². The summed E-state index contributed by atoms with van der Waals surface area (Å²) in [6, 6.07) is 14.2. The van der Waals surface area contributed by atoms with Gasteiger partial charge < -0.3 is 19.9 Å². The predicted octanol–water partition coefficient (Wildman–Crippen LogP) is 8.13.